The number of aromatic amines is 2. The molecule has 0 radical (unpaired) electrons. The Balaban J connectivity index is 1.34. The van der Waals surface area contributed by atoms with Crippen molar-refractivity contribution >= 4 is 29.1 Å². The van der Waals surface area contributed by atoms with Crippen LogP contribution in [0.25, 0.3) is 11.7 Å². The summed E-state index contributed by atoms with van der Waals surface area (Å²) >= 11 is 0. The number of morpholine rings is 1. The first-order valence-electron chi connectivity index (χ1n) is 12.7. The standard InChI is InChI=1S/C26H27FN8O4/c1-13-11-34(12-14(2)39-13)25(37)15-3-6-19(18(27)7-15)30-21-9-22(29-17-4-5-17)35-23(32-21)16(10-28-35)8-20-24(36)33-26(38)31-20/h3,6-10,13-14,17,30,36H,4-5,11-12H2,1-2H3,(H2,31,33,38)/b16-8-,29-22?/t13-,14+. The number of amides is 1. The number of rotatable bonds is 5. The van der Waals surface area contributed by atoms with Crippen molar-refractivity contribution in [2.24, 2.45) is 4.99 Å². The Morgan fingerprint density at radius 2 is 2.00 bits per heavy atom. The molecule has 1 saturated carbocycles. The van der Waals surface area contributed by atoms with E-state index in [2.05, 4.69) is 25.4 Å². The molecule has 6 rings (SSSR count). The molecule has 4 N–H and O–H groups in total. The van der Waals surface area contributed by atoms with Gasteiger partial charge in [0.15, 0.2) is 11.1 Å². The average Bonchev–Trinajstić information content (AvgIpc) is 3.52. The topological polar surface area (TPSA) is 153 Å². The number of ether oxygens (including phenoxy) is 1. The van der Waals surface area contributed by atoms with Crippen LogP contribution < -0.4 is 21.7 Å². The molecule has 0 bridgehead atoms. The molecule has 0 spiro atoms. The van der Waals surface area contributed by atoms with E-state index in [1.54, 1.807) is 21.5 Å². The number of carbonyl (C=O) groups excluding carboxylic acids is 1. The number of H-pyrrole nitrogens is 2. The highest BCUT2D eigenvalue weighted by Gasteiger charge is 2.27. The largest absolute Gasteiger partial charge is 0.493 e. The predicted molar refractivity (Wildman–Crippen MR) is 139 cm³/mol. The van der Waals surface area contributed by atoms with Gasteiger partial charge in [0.05, 0.1) is 30.1 Å². The summed E-state index contributed by atoms with van der Waals surface area (Å²) in [5.41, 5.74) is 0.932. The number of hydrogen-bond acceptors (Lipinski definition) is 8. The zero-order chi connectivity index (χ0) is 27.3. The Morgan fingerprint density at radius 1 is 1.23 bits per heavy atom. The van der Waals surface area contributed by atoms with Gasteiger partial charge in [-0.25, -0.2) is 14.2 Å². The van der Waals surface area contributed by atoms with Crippen LogP contribution in [0.4, 0.5) is 15.9 Å². The van der Waals surface area contributed by atoms with Crippen LogP contribution in [0.1, 0.15) is 42.7 Å². The number of anilines is 2. The van der Waals surface area contributed by atoms with Gasteiger partial charge in [0, 0.05) is 29.9 Å². The second-order valence-electron chi connectivity index (χ2n) is 9.97. The van der Waals surface area contributed by atoms with Crippen LogP contribution in [0.15, 0.2) is 40.2 Å². The van der Waals surface area contributed by atoms with Crippen LogP contribution in [0, 0.1) is 5.82 Å². The van der Waals surface area contributed by atoms with Gasteiger partial charge >= 0.3 is 5.69 Å². The lowest BCUT2D eigenvalue weighted by atomic mass is 10.1. The SMILES string of the molecule is C[C@@H]1CN(C(=O)c2ccc(Nc3cc(=NC4CC4)n4nc/c(=C/c5[nH]c(=O)[nH]c5O)c4n3)c(F)c2)C[C@H](C)O1. The Bertz CT molecular complexity index is 1750. The zero-order valence-electron chi connectivity index (χ0n) is 21.3. The Hall–Kier alpha value is -4.52. The third-order valence-corrected chi connectivity index (χ3v) is 6.56. The molecule has 2 atom stereocenters. The third-order valence-electron chi connectivity index (χ3n) is 6.56. The van der Waals surface area contributed by atoms with E-state index in [0.717, 1.165) is 12.8 Å². The van der Waals surface area contributed by atoms with Crippen molar-refractivity contribution in [3.05, 3.63) is 68.7 Å². The fraction of sp³-hybridized carbons (Fsp3) is 0.346. The number of halogens is 1. The summed E-state index contributed by atoms with van der Waals surface area (Å²) in [7, 11) is 0. The molecule has 13 heteroatoms. The summed E-state index contributed by atoms with van der Waals surface area (Å²) in [5.74, 6) is -0.849. The first-order chi connectivity index (χ1) is 18.7. The van der Waals surface area contributed by atoms with Crippen LogP contribution in [-0.4, -0.2) is 71.8 Å². The van der Waals surface area contributed by atoms with Crippen molar-refractivity contribution in [3.8, 4) is 5.88 Å². The first kappa shape index (κ1) is 24.8. The maximum absolute atomic E-state index is 15.2. The highest BCUT2D eigenvalue weighted by Crippen LogP contribution is 2.24. The van der Waals surface area contributed by atoms with Gasteiger partial charge in [-0.15, -0.1) is 0 Å². The molecule has 4 aromatic rings. The molecule has 1 saturated heterocycles. The average molecular weight is 535 g/mol. The summed E-state index contributed by atoms with van der Waals surface area (Å²) in [6.07, 6.45) is 4.82. The second-order valence-corrected chi connectivity index (χ2v) is 9.97. The number of benzene rings is 1. The van der Waals surface area contributed by atoms with E-state index >= 15 is 4.39 Å². The molecule has 2 aliphatic rings. The molecule has 1 aliphatic carbocycles. The zero-order valence-corrected chi connectivity index (χ0v) is 21.3. The van der Waals surface area contributed by atoms with E-state index in [1.807, 2.05) is 13.8 Å². The number of aromatic hydroxyl groups is 1. The maximum Gasteiger partial charge on any atom is 0.326 e. The predicted octanol–water partition coefficient (Wildman–Crippen LogP) is 1.19. The van der Waals surface area contributed by atoms with Crippen molar-refractivity contribution in [2.45, 2.75) is 44.9 Å². The molecular formula is C26H27FN8O4. The maximum atomic E-state index is 15.2. The fourth-order valence-corrected chi connectivity index (χ4v) is 4.67. The number of carbonyl (C=O) groups is 1. The summed E-state index contributed by atoms with van der Waals surface area (Å²) < 4.78 is 22.5. The van der Waals surface area contributed by atoms with E-state index in [9.17, 15) is 14.7 Å². The molecular weight excluding hydrogens is 507 g/mol. The molecule has 202 valence electrons. The van der Waals surface area contributed by atoms with Gasteiger partial charge in [0.1, 0.15) is 17.3 Å². The van der Waals surface area contributed by atoms with Crippen LogP contribution in [0.3, 0.4) is 0 Å². The highest BCUT2D eigenvalue weighted by molar-refractivity contribution is 5.94. The van der Waals surface area contributed by atoms with Crippen molar-refractivity contribution in [1.82, 2.24) is 29.5 Å². The minimum Gasteiger partial charge on any atom is -0.493 e. The summed E-state index contributed by atoms with van der Waals surface area (Å²) in [6, 6.07) is 6.15. The lowest BCUT2D eigenvalue weighted by molar-refractivity contribution is -0.0586. The molecule has 1 aliphatic heterocycles. The number of nitrogens with zero attached hydrogens (tertiary/aromatic N) is 5. The number of hydrogen-bond donors (Lipinski definition) is 4. The van der Waals surface area contributed by atoms with Crippen LogP contribution in [0.2, 0.25) is 0 Å². The van der Waals surface area contributed by atoms with Gasteiger partial charge < -0.3 is 25.0 Å². The van der Waals surface area contributed by atoms with Gasteiger partial charge in [-0.1, -0.05) is 0 Å². The van der Waals surface area contributed by atoms with Gasteiger partial charge in [-0.05, 0) is 51.0 Å². The smallest absolute Gasteiger partial charge is 0.326 e. The summed E-state index contributed by atoms with van der Waals surface area (Å²) in [6.45, 7) is 4.70. The van der Waals surface area contributed by atoms with E-state index in [-0.39, 0.29) is 47.0 Å². The molecule has 3 aromatic heterocycles. The second kappa shape index (κ2) is 9.66. The Kier molecular flexibility index (Phi) is 6.14. The number of nitrogens with one attached hydrogen (secondary N) is 3. The first-order valence-corrected chi connectivity index (χ1v) is 12.7. The van der Waals surface area contributed by atoms with E-state index in [1.165, 1.54) is 24.4 Å². The number of aromatic nitrogens is 5. The summed E-state index contributed by atoms with van der Waals surface area (Å²) in [5, 5.41) is 17.8. The minimum absolute atomic E-state index is 0.0909. The van der Waals surface area contributed by atoms with Crippen molar-refractivity contribution in [1.29, 1.82) is 0 Å². The minimum atomic E-state index is -0.604. The van der Waals surface area contributed by atoms with E-state index in [4.69, 9.17) is 9.73 Å². The van der Waals surface area contributed by atoms with Gasteiger partial charge in [0.25, 0.3) is 5.91 Å². The van der Waals surface area contributed by atoms with Gasteiger partial charge in [-0.2, -0.15) is 9.61 Å². The normalized spacial score (nSPS) is 20.6. The molecule has 0 unspecified atom stereocenters. The quantitative estimate of drug-likeness (QED) is 0.300. The number of imidazole rings is 1. The molecule has 1 aromatic carbocycles. The lowest BCUT2D eigenvalue weighted by Crippen LogP contribution is -2.48. The molecule has 4 heterocycles. The molecule has 12 nitrogen and oxygen atoms in total. The van der Waals surface area contributed by atoms with Crippen molar-refractivity contribution in [2.75, 3.05) is 18.4 Å². The van der Waals surface area contributed by atoms with Gasteiger partial charge in [0.2, 0.25) is 5.88 Å². The van der Waals surface area contributed by atoms with E-state index < -0.39 is 11.5 Å². The summed E-state index contributed by atoms with van der Waals surface area (Å²) in [4.78, 5) is 40.3. The lowest BCUT2D eigenvalue weighted by Gasteiger charge is -2.35. The Morgan fingerprint density at radius 3 is 2.67 bits per heavy atom. The third kappa shape index (κ3) is 5.12. The van der Waals surface area contributed by atoms with Crippen LogP contribution in [0.5, 0.6) is 5.88 Å². The molecule has 2 fully saturated rings. The Labute approximate surface area is 220 Å². The monoisotopic (exact) mass is 534 g/mol. The fourth-order valence-electron chi connectivity index (χ4n) is 4.67. The van der Waals surface area contributed by atoms with Gasteiger partial charge in [-0.3, -0.25) is 14.8 Å². The van der Waals surface area contributed by atoms with Crippen LogP contribution >= 0.6 is 0 Å². The van der Waals surface area contributed by atoms with E-state index in [0.29, 0.717) is 35.3 Å². The van der Waals surface area contributed by atoms with Crippen LogP contribution in [-0.2, 0) is 4.74 Å². The van der Waals surface area contributed by atoms with Crippen molar-refractivity contribution < 1.29 is 19.0 Å². The molecule has 39 heavy (non-hydrogen) atoms. The highest BCUT2D eigenvalue weighted by atomic mass is 19.1. The number of fused-ring (bicyclic) bond motifs is 1. The van der Waals surface area contributed by atoms with Crippen molar-refractivity contribution in [3.63, 3.8) is 0 Å². The molecule has 1 amide bonds.